The van der Waals surface area contributed by atoms with Crippen molar-refractivity contribution in [3.63, 3.8) is 0 Å². The Hall–Kier alpha value is -3.22. The van der Waals surface area contributed by atoms with Gasteiger partial charge in [0.15, 0.2) is 0 Å². The number of fused-ring (bicyclic) bond motifs is 2. The van der Waals surface area contributed by atoms with Crippen LogP contribution in [0.25, 0.3) is 0 Å². The maximum atomic E-state index is 12.9. The predicted molar refractivity (Wildman–Crippen MR) is 114 cm³/mol. The number of esters is 1. The van der Waals surface area contributed by atoms with Crippen molar-refractivity contribution in [3.8, 4) is 17.2 Å². The molecule has 2 aromatic rings. The minimum Gasteiger partial charge on any atom is -0.496 e. The maximum absolute atomic E-state index is 12.9. The topological polar surface area (TPSA) is 74.3 Å². The van der Waals surface area contributed by atoms with E-state index in [4.69, 9.17) is 18.9 Å². The van der Waals surface area contributed by atoms with Crippen LogP contribution >= 0.6 is 0 Å². The van der Waals surface area contributed by atoms with E-state index in [0.29, 0.717) is 61.6 Å². The van der Waals surface area contributed by atoms with Crippen LogP contribution in [0.5, 0.6) is 17.2 Å². The summed E-state index contributed by atoms with van der Waals surface area (Å²) in [5.74, 6) is 1.70. The van der Waals surface area contributed by atoms with Gasteiger partial charge in [-0.1, -0.05) is 18.2 Å². The molecule has 1 spiro atoms. The number of carbonyl (C=O) groups excluding carboxylic acids is 2. The Morgan fingerprint density at radius 2 is 1.68 bits per heavy atom. The Morgan fingerprint density at radius 3 is 2.29 bits per heavy atom. The molecule has 0 atom stereocenters. The zero-order valence-corrected chi connectivity index (χ0v) is 18.1. The number of methoxy groups -OCH3 is 3. The van der Waals surface area contributed by atoms with Crippen molar-refractivity contribution in [3.05, 3.63) is 53.1 Å². The second-order valence-corrected chi connectivity index (χ2v) is 7.82. The lowest BCUT2D eigenvalue weighted by atomic mass is 9.83. The summed E-state index contributed by atoms with van der Waals surface area (Å²) in [5.41, 5.74) is 1.82. The summed E-state index contributed by atoms with van der Waals surface area (Å²) in [6.07, 6.45) is 2.05. The van der Waals surface area contributed by atoms with Crippen molar-refractivity contribution in [2.75, 3.05) is 34.4 Å². The molecule has 1 saturated heterocycles. The summed E-state index contributed by atoms with van der Waals surface area (Å²) in [6.45, 7) is 1.11. The van der Waals surface area contributed by atoms with Gasteiger partial charge >= 0.3 is 5.97 Å². The summed E-state index contributed by atoms with van der Waals surface area (Å²) < 4.78 is 22.0. The van der Waals surface area contributed by atoms with E-state index in [9.17, 15) is 9.59 Å². The first-order valence-corrected chi connectivity index (χ1v) is 10.4. The summed E-state index contributed by atoms with van der Waals surface area (Å²) in [4.78, 5) is 27.0. The number of piperidine rings is 1. The largest absolute Gasteiger partial charge is 0.496 e. The molecule has 0 unspecified atom stereocenters. The molecule has 0 aliphatic carbocycles. The zero-order valence-electron chi connectivity index (χ0n) is 18.1. The van der Waals surface area contributed by atoms with Crippen molar-refractivity contribution < 1.29 is 28.5 Å². The fourth-order valence-electron chi connectivity index (χ4n) is 4.55. The van der Waals surface area contributed by atoms with Gasteiger partial charge < -0.3 is 23.8 Å². The fraction of sp³-hybridized carbons (Fsp3) is 0.417. The van der Waals surface area contributed by atoms with E-state index in [1.54, 1.807) is 39.5 Å². The highest BCUT2D eigenvalue weighted by Crippen LogP contribution is 2.44. The van der Waals surface area contributed by atoms with E-state index >= 15 is 0 Å². The third-order valence-electron chi connectivity index (χ3n) is 6.26. The minimum absolute atomic E-state index is 0.0624. The Morgan fingerprint density at radius 1 is 1.03 bits per heavy atom. The number of rotatable bonds is 6. The van der Waals surface area contributed by atoms with Gasteiger partial charge in [0.1, 0.15) is 22.8 Å². The van der Waals surface area contributed by atoms with Gasteiger partial charge in [0.2, 0.25) is 5.91 Å². The van der Waals surface area contributed by atoms with Crippen LogP contribution in [0, 0.1) is 0 Å². The number of benzene rings is 2. The Bertz CT molecular complexity index is 968. The number of nitrogens with zero attached hydrogens (tertiary/aromatic N) is 1. The van der Waals surface area contributed by atoms with Crippen LogP contribution < -0.4 is 14.2 Å². The standard InChI is InChI=1S/C24H27NO6/c1-28-16-14-20(29-2)18(21(15-16)30-3)8-9-22(26)25-12-10-24(11-13-25)19-7-5-4-6-17(19)23(27)31-24/h4-7,14-15H,8-13H2,1-3H3. The average Bonchev–Trinajstić information content (AvgIpc) is 3.08. The van der Waals surface area contributed by atoms with Crippen LogP contribution in [-0.2, 0) is 21.6 Å². The average molecular weight is 425 g/mol. The maximum Gasteiger partial charge on any atom is 0.339 e. The second-order valence-electron chi connectivity index (χ2n) is 7.82. The molecule has 164 valence electrons. The van der Waals surface area contributed by atoms with E-state index in [2.05, 4.69) is 0 Å². The Kier molecular flexibility index (Phi) is 5.76. The molecular formula is C24H27NO6. The number of hydrogen-bond donors (Lipinski definition) is 0. The molecule has 7 nitrogen and oxygen atoms in total. The molecule has 1 amide bonds. The van der Waals surface area contributed by atoms with Gasteiger partial charge in [-0.15, -0.1) is 0 Å². The zero-order chi connectivity index (χ0) is 22.0. The van der Waals surface area contributed by atoms with Crippen molar-refractivity contribution in [2.24, 2.45) is 0 Å². The fourth-order valence-corrected chi connectivity index (χ4v) is 4.55. The van der Waals surface area contributed by atoms with Crippen LogP contribution in [0.15, 0.2) is 36.4 Å². The van der Waals surface area contributed by atoms with Gasteiger partial charge in [-0.3, -0.25) is 4.79 Å². The normalized spacial score (nSPS) is 16.6. The molecule has 4 rings (SSSR count). The third kappa shape index (κ3) is 3.80. The van der Waals surface area contributed by atoms with E-state index < -0.39 is 5.60 Å². The van der Waals surface area contributed by atoms with Gasteiger partial charge in [0.25, 0.3) is 0 Å². The Balaban J connectivity index is 1.42. The first-order chi connectivity index (χ1) is 15.0. The second kappa shape index (κ2) is 8.49. The molecule has 0 radical (unpaired) electrons. The molecular weight excluding hydrogens is 398 g/mol. The molecule has 1 fully saturated rings. The van der Waals surface area contributed by atoms with Crippen molar-refractivity contribution in [1.82, 2.24) is 4.90 Å². The third-order valence-corrected chi connectivity index (χ3v) is 6.26. The van der Waals surface area contributed by atoms with Gasteiger partial charge in [0, 0.05) is 55.6 Å². The number of ether oxygens (including phenoxy) is 4. The van der Waals surface area contributed by atoms with Crippen LogP contribution in [0.4, 0.5) is 0 Å². The van der Waals surface area contributed by atoms with Gasteiger partial charge in [-0.05, 0) is 12.5 Å². The molecule has 2 aliphatic heterocycles. The highest BCUT2D eigenvalue weighted by Gasteiger charge is 2.47. The van der Waals surface area contributed by atoms with Crippen molar-refractivity contribution >= 4 is 11.9 Å². The smallest absolute Gasteiger partial charge is 0.339 e. The monoisotopic (exact) mass is 425 g/mol. The molecule has 0 saturated carbocycles. The molecule has 7 heteroatoms. The number of likely N-dealkylation sites (tertiary alicyclic amines) is 1. The summed E-state index contributed by atoms with van der Waals surface area (Å²) in [5, 5.41) is 0. The summed E-state index contributed by atoms with van der Waals surface area (Å²) in [7, 11) is 4.76. The Labute approximate surface area is 181 Å². The van der Waals surface area contributed by atoms with E-state index in [-0.39, 0.29) is 11.9 Å². The van der Waals surface area contributed by atoms with Crippen LogP contribution in [0.2, 0.25) is 0 Å². The minimum atomic E-state index is -0.604. The molecule has 0 N–H and O–H groups in total. The molecule has 0 aromatic heterocycles. The molecule has 2 aromatic carbocycles. The highest BCUT2D eigenvalue weighted by molar-refractivity contribution is 5.94. The van der Waals surface area contributed by atoms with Crippen LogP contribution in [0.1, 0.15) is 40.7 Å². The SMILES string of the molecule is COc1cc(OC)c(CCC(=O)N2CCC3(CC2)OC(=O)c2ccccc23)c(OC)c1. The van der Waals surface area contributed by atoms with E-state index in [0.717, 1.165) is 11.1 Å². The first-order valence-electron chi connectivity index (χ1n) is 10.4. The summed E-state index contributed by atoms with van der Waals surface area (Å²) >= 11 is 0. The predicted octanol–water partition coefficient (Wildman–Crippen LogP) is 3.33. The number of hydrogen-bond acceptors (Lipinski definition) is 6. The van der Waals surface area contributed by atoms with E-state index in [1.807, 2.05) is 23.1 Å². The van der Waals surface area contributed by atoms with E-state index in [1.165, 1.54) is 0 Å². The molecule has 31 heavy (non-hydrogen) atoms. The number of amides is 1. The van der Waals surface area contributed by atoms with Crippen LogP contribution in [-0.4, -0.2) is 51.2 Å². The van der Waals surface area contributed by atoms with Crippen molar-refractivity contribution in [1.29, 1.82) is 0 Å². The lowest BCUT2D eigenvalue weighted by Crippen LogP contribution is -2.45. The van der Waals surface area contributed by atoms with Gasteiger partial charge in [-0.2, -0.15) is 0 Å². The van der Waals surface area contributed by atoms with Crippen molar-refractivity contribution in [2.45, 2.75) is 31.3 Å². The molecule has 0 bridgehead atoms. The lowest BCUT2D eigenvalue weighted by molar-refractivity contribution is -0.135. The molecule has 2 aliphatic rings. The summed E-state index contributed by atoms with van der Waals surface area (Å²) in [6, 6.07) is 11.1. The number of carbonyl (C=O) groups is 2. The van der Waals surface area contributed by atoms with Gasteiger partial charge in [0.05, 0.1) is 26.9 Å². The highest BCUT2D eigenvalue weighted by atomic mass is 16.6. The lowest BCUT2D eigenvalue weighted by Gasteiger charge is -2.38. The van der Waals surface area contributed by atoms with Gasteiger partial charge in [-0.25, -0.2) is 4.79 Å². The van der Waals surface area contributed by atoms with Crippen LogP contribution in [0.3, 0.4) is 0 Å². The quantitative estimate of drug-likeness (QED) is 0.661. The first kappa shape index (κ1) is 21.0. The molecule has 2 heterocycles.